The van der Waals surface area contributed by atoms with Crippen molar-refractivity contribution in [1.82, 2.24) is 0 Å². The van der Waals surface area contributed by atoms with Gasteiger partial charge in [-0.25, -0.2) is 0 Å². The van der Waals surface area contributed by atoms with Crippen molar-refractivity contribution in [2.75, 3.05) is 6.54 Å². The van der Waals surface area contributed by atoms with Crippen LogP contribution in [-0.2, 0) is 0 Å². The normalized spacial score (nSPS) is 23.0. The molecule has 0 aromatic rings. The summed E-state index contributed by atoms with van der Waals surface area (Å²) >= 11 is 0. The van der Waals surface area contributed by atoms with Crippen LogP contribution in [0.15, 0.2) is 12.2 Å². The van der Waals surface area contributed by atoms with Crippen LogP contribution in [0.3, 0.4) is 0 Å². The Bertz CT molecular complexity index is 159. The van der Waals surface area contributed by atoms with Crippen LogP contribution < -0.4 is 5.73 Å². The van der Waals surface area contributed by atoms with Gasteiger partial charge in [0.05, 0.1) is 0 Å². The van der Waals surface area contributed by atoms with Crippen LogP contribution in [0.4, 0.5) is 0 Å². The molecule has 1 nitrogen and oxygen atoms in total. The minimum atomic E-state index is 0.683. The lowest BCUT2D eigenvalue weighted by Crippen LogP contribution is -2.21. The monoisotopic (exact) mass is 181 g/mol. The summed E-state index contributed by atoms with van der Waals surface area (Å²) in [6.07, 6.45) is 10.1. The standard InChI is InChI=1S/C12H23N/c1-10(5-4-8-13)9-11(2)12-6-3-7-12/h4-5,10-12H,3,6-9,13H2,1-2H3/b5-4+/t10-,11-/m0/s1. The van der Waals surface area contributed by atoms with E-state index in [4.69, 9.17) is 5.73 Å². The van der Waals surface area contributed by atoms with Crippen LogP contribution in [0, 0.1) is 17.8 Å². The molecule has 0 radical (unpaired) electrons. The lowest BCUT2D eigenvalue weighted by atomic mass is 9.74. The van der Waals surface area contributed by atoms with Gasteiger partial charge in [0, 0.05) is 6.54 Å². The summed E-state index contributed by atoms with van der Waals surface area (Å²) in [6, 6.07) is 0. The molecular formula is C12H23N. The van der Waals surface area contributed by atoms with Crippen molar-refractivity contribution >= 4 is 0 Å². The first-order valence-electron chi connectivity index (χ1n) is 5.60. The molecule has 2 atom stereocenters. The predicted molar refractivity (Wildman–Crippen MR) is 58.5 cm³/mol. The Balaban J connectivity index is 2.17. The maximum Gasteiger partial charge on any atom is 0.0106 e. The van der Waals surface area contributed by atoms with E-state index in [1.165, 1.54) is 25.7 Å². The summed E-state index contributed by atoms with van der Waals surface area (Å²) in [5.74, 6) is 2.64. The molecule has 0 bridgehead atoms. The second-order valence-electron chi connectivity index (χ2n) is 4.55. The summed E-state index contributed by atoms with van der Waals surface area (Å²) in [4.78, 5) is 0. The molecule has 0 aliphatic heterocycles. The van der Waals surface area contributed by atoms with Gasteiger partial charge < -0.3 is 5.73 Å². The molecule has 0 aromatic heterocycles. The third-order valence-electron chi connectivity index (χ3n) is 3.30. The average molecular weight is 181 g/mol. The molecule has 0 unspecified atom stereocenters. The van der Waals surface area contributed by atoms with Gasteiger partial charge in [-0.2, -0.15) is 0 Å². The Hall–Kier alpha value is -0.300. The highest BCUT2D eigenvalue weighted by Crippen LogP contribution is 2.36. The maximum atomic E-state index is 5.42. The van der Waals surface area contributed by atoms with E-state index in [2.05, 4.69) is 26.0 Å². The Kier molecular flexibility index (Phi) is 4.51. The van der Waals surface area contributed by atoms with E-state index in [0.717, 1.165) is 11.8 Å². The first-order chi connectivity index (χ1) is 6.24. The largest absolute Gasteiger partial charge is 0.327 e. The predicted octanol–water partition coefficient (Wildman–Crippen LogP) is 2.96. The van der Waals surface area contributed by atoms with E-state index in [-0.39, 0.29) is 0 Å². The number of allylic oxidation sites excluding steroid dienone is 1. The van der Waals surface area contributed by atoms with Gasteiger partial charge >= 0.3 is 0 Å². The van der Waals surface area contributed by atoms with Crippen molar-refractivity contribution in [3.05, 3.63) is 12.2 Å². The van der Waals surface area contributed by atoms with Crippen molar-refractivity contribution in [3.8, 4) is 0 Å². The molecule has 76 valence electrons. The first kappa shape index (κ1) is 10.8. The minimum absolute atomic E-state index is 0.683. The van der Waals surface area contributed by atoms with Gasteiger partial charge in [-0.3, -0.25) is 0 Å². The lowest BCUT2D eigenvalue weighted by molar-refractivity contribution is 0.200. The Morgan fingerprint density at radius 3 is 2.54 bits per heavy atom. The number of hydrogen-bond donors (Lipinski definition) is 1. The van der Waals surface area contributed by atoms with Crippen molar-refractivity contribution in [1.29, 1.82) is 0 Å². The highest BCUT2D eigenvalue weighted by atomic mass is 14.5. The van der Waals surface area contributed by atoms with Crippen LogP contribution in [0.1, 0.15) is 39.5 Å². The average Bonchev–Trinajstić information content (AvgIpc) is 1.97. The second kappa shape index (κ2) is 5.43. The molecule has 1 saturated carbocycles. The van der Waals surface area contributed by atoms with Crippen molar-refractivity contribution in [2.45, 2.75) is 39.5 Å². The maximum absolute atomic E-state index is 5.42. The van der Waals surface area contributed by atoms with Gasteiger partial charge in [0.15, 0.2) is 0 Å². The minimum Gasteiger partial charge on any atom is -0.327 e. The van der Waals surface area contributed by atoms with Gasteiger partial charge in [0.25, 0.3) is 0 Å². The third-order valence-corrected chi connectivity index (χ3v) is 3.30. The second-order valence-corrected chi connectivity index (χ2v) is 4.55. The quantitative estimate of drug-likeness (QED) is 0.648. The molecule has 0 heterocycles. The Morgan fingerprint density at radius 2 is 2.08 bits per heavy atom. The van der Waals surface area contributed by atoms with E-state index in [1.807, 2.05) is 0 Å². The van der Waals surface area contributed by atoms with Crippen LogP contribution in [0.5, 0.6) is 0 Å². The van der Waals surface area contributed by atoms with Crippen molar-refractivity contribution in [2.24, 2.45) is 23.5 Å². The Labute approximate surface area is 82.4 Å². The fourth-order valence-corrected chi connectivity index (χ4v) is 2.18. The SMILES string of the molecule is C[C@@H](/C=C/CN)C[C@H](C)C1CCC1. The van der Waals surface area contributed by atoms with E-state index in [1.54, 1.807) is 0 Å². The lowest BCUT2D eigenvalue weighted by Gasteiger charge is -2.32. The van der Waals surface area contributed by atoms with E-state index in [0.29, 0.717) is 12.5 Å². The van der Waals surface area contributed by atoms with Crippen LogP contribution >= 0.6 is 0 Å². The molecule has 1 fully saturated rings. The van der Waals surface area contributed by atoms with Crippen molar-refractivity contribution < 1.29 is 0 Å². The fourth-order valence-electron chi connectivity index (χ4n) is 2.18. The van der Waals surface area contributed by atoms with Crippen LogP contribution in [0.25, 0.3) is 0 Å². The molecule has 1 aliphatic carbocycles. The molecule has 2 N–H and O–H groups in total. The Morgan fingerprint density at radius 1 is 1.38 bits per heavy atom. The van der Waals surface area contributed by atoms with E-state index < -0.39 is 0 Å². The number of rotatable bonds is 5. The van der Waals surface area contributed by atoms with E-state index >= 15 is 0 Å². The highest BCUT2D eigenvalue weighted by molar-refractivity contribution is 4.89. The summed E-state index contributed by atoms with van der Waals surface area (Å²) in [7, 11) is 0. The first-order valence-corrected chi connectivity index (χ1v) is 5.60. The molecule has 13 heavy (non-hydrogen) atoms. The van der Waals surface area contributed by atoms with Gasteiger partial charge in [0.2, 0.25) is 0 Å². The molecule has 0 aromatic carbocycles. The summed E-state index contributed by atoms with van der Waals surface area (Å²) in [5.41, 5.74) is 5.42. The van der Waals surface area contributed by atoms with Crippen LogP contribution in [0.2, 0.25) is 0 Å². The number of hydrogen-bond acceptors (Lipinski definition) is 1. The highest BCUT2D eigenvalue weighted by Gasteiger charge is 2.24. The van der Waals surface area contributed by atoms with Gasteiger partial charge in [-0.1, -0.05) is 45.3 Å². The molecule has 1 rings (SSSR count). The summed E-state index contributed by atoms with van der Waals surface area (Å²) in [5, 5.41) is 0. The van der Waals surface area contributed by atoms with Crippen molar-refractivity contribution in [3.63, 3.8) is 0 Å². The van der Waals surface area contributed by atoms with Gasteiger partial charge in [0.1, 0.15) is 0 Å². The molecule has 1 aliphatic rings. The topological polar surface area (TPSA) is 26.0 Å². The zero-order chi connectivity index (χ0) is 9.68. The molecule has 0 amide bonds. The molecule has 1 heteroatoms. The third kappa shape index (κ3) is 3.51. The smallest absolute Gasteiger partial charge is 0.0106 e. The molecule has 0 saturated heterocycles. The molecule has 0 spiro atoms. The van der Waals surface area contributed by atoms with Crippen LogP contribution in [-0.4, -0.2) is 6.54 Å². The fraction of sp³-hybridized carbons (Fsp3) is 0.833. The van der Waals surface area contributed by atoms with Gasteiger partial charge in [-0.15, -0.1) is 0 Å². The molecular weight excluding hydrogens is 158 g/mol. The summed E-state index contributed by atoms with van der Waals surface area (Å²) in [6.45, 7) is 5.38. The van der Waals surface area contributed by atoms with E-state index in [9.17, 15) is 0 Å². The number of nitrogens with two attached hydrogens (primary N) is 1. The zero-order valence-electron chi connectivity index (χ0n) is 9.00. The zero-order valence-corrected chi connectivity index (χ0v) is 9.00. The summed E-state index contributed by atoms with van der Waals surface area (Å²) < 4.78 is 0. The van der Waals surface area contributed by atoms with Gasteiger partial charge in [-0.05, 0) is 24.2 Å².